The van der Waals surface area contributed by atoms with Crippen molar-refractivity contribution in [2.45, 2.75) is 0 Å². The topological polar surface area (TPSA) is 50.2 Å². The summed E-state index contributed by atoms with van der Waals surface area (Å²) in [7, 11) is 0. The highest BCUT2D eigenvalue weighted by Gasteiger charge is 2.20. The molecule has 1 aromatic heterocycles. The molecule has 1 aromatic carbocycles. The quantitative estimate of drug-likeness (QED) is 0.688. The number of nitrogens with zero attached hydrogens (tertiary/aromatic N) is 1. The zero-order valence-corrected chi connectivity index (χ0v) is 13.2. The minimum atomic E-state index is -1.25. The molecule has 0 atom stereocenters. The molecule has 104 valence electrons. The van der Waals surface area contributed by atoms with Gasteiger partial charge in [0.1, 0.15) is 5.56 Å². The Balaban J connectivity index is 2.71. The number of hydrogen-bond acceptors (Lipinski definition) is 2. The summed E-state index contributed by atoms with van der Waals surface area (Å²) in [6.45, 7) is 0. The number of halogens is 5. The van der Waals surface area contributed by atoms with Gasteiger partial charge in [-0.1, -0.05) is 58.0 Å². The Labute approximate surface area is 139 Å². The first-order valence-corrected chi connectivity index (χ1v) is 6.94. The van der Waals surface area contributed by atoms with E-state index in [4.69, 9.17) is 63.1 Å². The van der Waals surface area contributed by atoms with Crippen LogP contribution >= 0.6 is 58.0 Å². The van der Waals surface area contributed by atoms with Gasteiger partial charge in [-0.15, -0.1) is 0 Å². The Bertz CT molecular complexity index is 694. The van der Waals surface area contributed by atoms with Gasteiger partial charge in [-0.3, -0.25) is 4.98 Å². The molecule has 0 spiro atoms. The molecule has 0 aliphatic rings. The van der Waals surface area contributed by atoms with Crippen molar-refractivity contribution < 1.29 is 9.90 Å². The van der Waals surface area contributed by atoms with Crippen LogP contribution in [0.2, 0.25) is 25.1 Å². The Morgan fingerprint density at radius 2 is 1.50 bits per heavy atom. The molecule has 8 heteroatoms. The Morgan fingerprint density at radius 1 is 0.950 bits per heavy atom. The van der Waals surface area contributed by atoms with E-state index in [0.29, 0.717) is 5.56 Å². The van der Waals surface area contributed by atoms with E-state index in [9.17, 15) is 4.79 Å². The third-order valence-electron chi connectivity index (χ3n) is 2.44. The number of aromatic nitrogens is 1. The van der Waals surface area contributed by atoms with Crippen LogP contribution in [0.15, 0.2) is 18.3 Å². The van der Waals surface area contributed by atoms with Crippen LogP contribution < -0.4 is 0 Å². The van der Waals surface area contributed by atoms with Crippen LogP contribution in [0.3, 0.4) is 0 Å². The third kappa shape index (κ3) is 2.83. The molecule has 0 unspecified atom stereocenters. The van der Waals surface area contributed by atoms with Gasteiger partial charge in [-0.25, -0.2) is 4.79 Å². The maximum absolute atomic E-state index is 11.1. The van der Waals surface area contributed by atoms with E-state index in [1.54, 1.807) is 0 Å². The lowest BCUT2D eigenvalue weighted by atomic mass is 10.1. The molecule has 0 amide bonds. The largest absolute Gasteiger partial charge is 0.478 e. The van der Waals surface area contributed by atoms with Crippen molar-refractivity contribution in [2.75, 3.05) is 0 Å². The Kier molecular flexibility index (Phi) is 4.67. The highest BCUT2D eigenvalue weighted by atomic mass is 35.5. The van der Waals surface area contributed by atoms with Crippen LogP contribution in [0.25, 0.3) is 11.3 Å². The summed E-state index contributed by atoms with van der Waals surface area (Å²) in [5.74, 6) is -1.25. The highest BCUT2D eigenvalue weighted by Crippen LogP contribution is 2.38. The molecule has 0 aliphatic carbocycles. The number of rotatable bonds is 2. The van der Waals surface area contributed by atoms with Crippen molar-refractivity contribution in [3.63, 3.8) is 0 Å². The molecule has 3 nitrogen and oxygen atoms in total. The summed E-state index contributed by atoms with van der Waals surface area (Å²) in [5, 5.41) is 9.56. The summed E-state index contributed by atoms with van der Waals surface area (Å²) in [6, 6.07) is 2.98. The van der Waals surface area contributed by atoms with Gasteiger partial charge in [0, 0.05) is 11.8 Å². The molecular weight excluding hydrogens is 367 g/mol. The van der Waals surface area contributed by atoms with E-state index in [-0.39, 0.29) is 36.4 Å². The van der Waals surface area contributed by atoms with Gasteiger partial charge in [0.25, 0.3) is 0 Å². The smallest absolute Gasteiger partial charge is 0.338 e. The van der Waals surface area contributed by atoms with E-state index in [1.807, 2.05) is 0 Å². The molecule has 0 saturated carbocycles. The molecule has 0 radical (unpaired) electrons. The lowest BCUT2D eigenvalue weighted by Gasteiger charge is -2.09. The van der Waals surface area contributed by atoms with Crippen molar-refractivity contribution in [1.29, 1.82) is 0 Å². The van der Waals surface area contributed by atoms with Crippen molar-refractivity contribution >= 4 is 64.0 Å². The predicted octanol–water partition coefficient (Wildman–Crippen LogP) is 5.71. The lowest BCUT2D eigenvalue weighted by Crippen LogP contribution is -2.01. The van der Waals surface area contributed by atoms with Crippen molar-refractivity contribution in [3.05, 3.63) is 49.0 Å². The van der Waals surface area contributed by atoms with Crippen LogP contribution in [0.5, 0.6) is 0 Å². The number of carboxylic acid groups (broad SMARTS) is 1. The van der Waals surface area contributed by atoms with Crippen LogP contribution in [-0.2, 0) is 0 Å². The van der Waals surface area contributed by atoms with Gasteiger partial charge in [-0.05, 0) is 12.1 Å². The second-order valence-electron chi connectivity index (χ2n) is 3.70. The molecule has 20 heavy (non-hydrogen) atoms. The highest BCUT2D eigenvalue weighted by molar-refractivity contribution is 6.48. The Hall–Kier alpha value is -0.710. The number of pyridine rings is 1. The van der Waals surface area contributed by atoms with E-state index in [2.05, 4.69) is 4.98 Å². The summed E-state index contributed by atoms with van der Waals surface area (Å²) in [5.41, 5.74) is 0.406. The van der Waals surface area contributed by atoms with Crippen molar-refractivity contribution in [3.8, 4) is 11.3 Å². The van der Waals surface area contributed by atoms with Gasteiger partial charge < -0.3 is 5.11 Å². The molecule has 0 saturated heterocycles. The van der Waals surface area contributed by atoms with Crippen LogP contribution in [0.1, 0.15) is 10.4 Å². The average molecular weight is 371 g/mol. The maximum atomic E-state index is 11.1. The molecule has 0 fully saturated rings. The predicted molar refractivity (Wildman–Crippen MR) is 81.7 cm³/mol. The number of hydrogen-bond donors (Lipinski definition) is 1. The second kappa shape index (κ2) is 5.96. The van der Waals surface area contributed by atoms with E-state index in [1.165, 1.54) is 18.3 Å². The van der Waals surface area contributed by atoms with E-state index < -0.39 is 5.97 Å². The van der Waals surface area contributed by atoms with E-state index >= 15 is 0 Å². The number of carbonyl (C=O) groups is 1. The first-order valence-electron chi connectivity index (χ1n) is 5.05. The first kappa shape index (κ1) is 15.7. The lowest BCUT2D eigenvalue weighted by molar-refractivity contribution is 0.0697. The Morgan fingerprint density at radius 3 is 2.00 bits per heavy atom. The fourth-order valence-corrected chi connectivity index (χ4v) is 2.76. The monoisotopic (exact) mass is 369 g/mol. The van der Waals surface area contributed by atoms with Crippen molar-refractivity contribution in [2.24, 2.45) is 0 Å². The summed E-state index contributed by atoms with van der Waals surface area (Å²) in [4.78, 5) is 15.2. The van der Waals surface area contributed by atoms with Gasteiger partial charge in [-0.2, -0.15) is 0 Å². The van der Waals surface area contributed by atoms with Crippen LogP contribution in [0.4, 0.5) is 0 Å². The maximum Gasteiger partial charge on any atom is 0.338 e. The minimum absolute atomic E-state index is 0.0580. The summed E-state index contributed by atoms with van der Waals surface area (Å²) in [6.07, 6.45) is 1.20. The average Bonchev–Trinajstić information content (AvgIpc) is 2.35. The molecule has 2 aromatic rings. The molecular formula is C12H4Cl5NO2. The zero-order valence-electron chi connectivity index (χ0n) is 9.42. The fourth-order valence-electron chi connectivity index (χ4n) is 1.56. The third-order valence-corrected chi connectivity index (χ3v) is 4.30. The number of aromatic carboxylic acids is 1. The van der Waals surface area contributed by atoms with Gasteiger partial charge in [0.2, 0.25) is 0 Å². The van der Waals surface area contributed by atoms with Crippen LogP contribution in [-0.4, -0.2) is 16.1 Å². The normalized spacial score (nSPS) is 10.7. The number of benzene rings is 1. The van der Waals surface area contributed by atoms with Gasteiger partial charge in [0.05, 0.1) is 30.8 Å². The molecule has 1 N–H and O–H groups in total. The van der Waals surface area contributed by atoms with Gasteiger partial charge in [0.15, 0.2) is 0 Å². The SMILES string of the molecule is O=C(O)c1c(Cl)cnc(-c2cc(Cl)c(Cl)c(Cl)c2)c1Cl. The molecule has 1 heterocycles. The van der Waals surface area contributed by atoms with Crippen LogP contribution in [0, 0.1) is 0 Å². The van der Waals surface area contributed by atoms with Crippen molar-refractivity contribution in [1.82, 2.24) is 4.98 Å². The second-order valence-corrected chi connectivity index (χ2v) is 5.68. The van der Waals surface area contributed by atoms with Gasteiger partial charge >= 0.3 is 5.97 Å². The summed E-state index contributed by atoms with van der Waals surface area (Å²) < 4.78 is 0. The standard InChI is InChI=1S/C12H4Cl5NO2/c13-5-1-4(2-6(14)9(5)16)11-10(17)8(12(19)20)7(15)3-18-11/h1-3H,(H,19,20). The molecule has 2 rings (SSSR count). The first-order chi connectivity index (χ1) is 9.32. The number of carboxylic acids is 1. The summed E-state index contributed by atoms with van der Waals surface area (Å²) >= 11 is 29.5. The molecule has 0 bridgehead atoms. The van der Waals surface area contributed by atoms with E-state index in [0.717, 1.165) is 0 Å². The zero-order chi connectivity index (χ0) is 15.0. The molecule has 0 aliphatic heterocycles. The minimum Gasteiger partial charge on any atom is -0.478 e. The fraction of sp³-hybridized carbons (Fsp3) is 0.